The van der Waals surface area contributed by atoms with Gasteiger partial charge in [-0.3, -0.25) is 4.79 Å². The van der Waals surface area contributed by atoms with Gasteiger partial charge >= 0.3 is 6.03 Å². The maximum atomic E-state index is 12.0. The summed E-state index contributed by atoms with van der Waals surface area (Å²) in [5.41, 5.74) is 0.357. The molecule has 2 amide bonds. The second-order valence-corrected chi connectivity index (χ2v) is 5.09. The molecule has 2 aromatic heterocycles. The molecule has 0 unspecified atom stereocenters. The van der Waals surface area contributed by atoms with Crippen LogP contribution in [-0.2, 0) is 11.3 Å². The minimum absolute atomic E-state index is 0.150. The van der Waals surface area contributed by atoms with Crippen molar-refractivity contribution in [2.24, 2.45) is 0 Å². The van der Waals surface area contributed by atoms with Crippen molar-refractivity contribution in [2.75, 3.05) is 32.8 Å². The Bertz CT molecular complexity index is 705. The van der Waals surface area contributed by atoms with Crippen LogP contribution in [0.3, 0.4) is 0 Å². The smallest absolute Gasteiger partial charge is 0.317 e. The van der Waals surface area contributed by atoms with Crippen molar-refractivity contribution in [2.45, 2.75) is 6.54 Å². The molecule has 0 atom stereocenters. The number of aromatic nitrogens is 2. The third kappa shape index (κ3) is 3.78. The molecule has 0 bridgehead atoms. The Hall–Kier alpha value is -2.61. The third-order valence-electron chi connectivity index (χ3n) is 3.54. The number of urea groups is 1. The molecule has 0 aromatic carbocycles. The molecule has 1 saturated heterocycles. The van der Waals surface area contributed by atoms with Gasteiger partial charge in [-0.1, -0.05) is 0 Å². The minimum Gasteiger partial charge on any atom is -0.463 e. The maximum absolute atomic E-state index is 12.0. The molecule has 1 aliphatic heterocycles. The Labute approximate surface area is 132 Å². The van der Waals surface area contributed by atoms with Gasteiger partial charge in [0.2, 0.25) is 0 Å². The lowest BCUT2D eigenvalue weighted by molar-refractivity contribution is 0.0532. The second-order valence-electron chi connectivity index (χ2n) is 5.09. The van der Waals surface area contributed by atoms with E-state index in [1.54, 1.807) is 29.4 Å². The van der Waals surface area contributed by atoms with E-state index in [9.17, 15) is 9.59 Å². The van der Waals surface area contributed by atoms with E-state index in [0.29, 0.717) is 50.8 Å². The standard InChI is InChI=1S/C15H18N4O4/c20-14-4-3-12(13-2-1-9-23-13)17-19(14)6-5-16-15(21)18-7-10-22-11-8-18/h1-4,9H,5-8,10-11H2,(H,16,21). The monoisotopic (exact) mass is 318 g/mol. The Kier molecular flexibility index (Phi) is 4.72. The number of amides is 2. The summed E-state index contributed by atoms with van der Waals surface area (Å²) in [7, 11) is 0. The topological polar surface area (TPSA) is 89.6 Å². The second kappa shape index (κ2) is 7.10. The van der Waals surface area contributed by atoms with Gasteiger partial charge in [0.25, 0.3) is 5.56 Å². The number of ether oxygens (including phenoxy) is 1. The molecular weight excluding hydrogens is 300 g/mol. The van der Waals surface area contributed by atoms with E-state index in [0.717, 1.165) is 0 Å². The first kappa shape index (κ1) is 15.3. The Morgan fingerprint density at radius 1 is 1.26 bits per heavy atom. The fourth-order valence-electron chi connectivity index (χ4n) is 2.31. The molecule has 0 aliphatic carbocycles. The summed E-state index contributed by atoms with van der Waals surface area (Å²) in [6, 6.07) is 6.44. The SMILES string of the molecule is O=C(NCCn1nc(-c2ccco2)ccc1=O)N1CCOCC1. The largest absolute Gasteiger partial charge is 0.463 e. The van der Waals surface area contributed by atoms with E-state index in [2.05, 4.69) is 10.4 Å². The third-order valence-corrected chi connectivity index (χ3v) is 3.54. The molecule has 122 valence electrons. The average molecular weight is 318 g/mol. The predicted molar refractivity (Wildman–Crippen MR) is 82.0 cm³/mol. The molecule has 1 aliphatic rings. The van der Waals surface area contributed by atoms with Crippen LogP contribution >= 0.6 is 0 Å². The first-order valence-corrected chi connectivity index (χ1v) is 7.46. The van der Waals surface area contributed by atoms with Gasteiger partial charge in [-0.2, -0.15) is 5.10 Å². The molecule has 0 spiro atoms. The first-order valence-electron chi connectivity index (χ1n) is 7.46. The number of hydrogen-bond donors (Lipinski definition) is 1. The van der Waals surface area contributed by atoms with Gasteiger partial charge in [0.1, 0.15) is 5.69 Å². The number of morpholine rings is 1. The molecule has 0 radical (unpaired) electrons. The molecular formula is C15H18N4O4. The zero-order valence-corrected chi connectivity index (χ0v) is 12.6. The lowest BCUT2D eigenvalue weighted by Gasteiger charge is -2.26. The van der Waals surface area contributed by atoms with E-state index in [1.807, 2.05) is 0 Å². The summed E-state index contributed by atoms with van der Waals surface area (Å²) in [4.78, 5) is 25.5. The number of carbonyl (C=O) groups is 1. The maximum Gasteiger partial charge on any atom is 0.317 e. The normalized spacial score (nSPS) is 14.7. The number of nitrogens with zero attached hydrogens (tertiary/aromatic N) is 3. The van der Waals surface area contributed by atoms with E-state index in [4.69, 9.17) is 9.15 Å². The van der Waals surface area contributed by atoms with Crippen molar-refractivity contribution in [1.29, 1.82) is 0 Å². The molecule has 8 nitrogen and oxygen atoms in total. The van der Waals surface area contributed by atoms with Crippen molar-refractivity contribution < 1.29 is 13.9 Å². The van der Waals surface area contributed by atoms with Crippen LogP contribution in [0.5, 0.6) is 0 Å². The summed E-state index contributed by atoms with van der Waals surface area (Å²) < 4.78 is 11.8. The van der Waals surface area contributed by atoms with Crippen molar-refractivity contribution >= 4 is 6.03 Å². The van der Waals surface area contributed by atoms with Crippen molar-refractivity contribution in [3.63, 3.8) is 0 Å². The highest BCUT2D eigenvalue weighted by Gasteiger charge is 2.16. The lowest BCUT2D eigenvalue weighted by Crippen LogP contribution is -2.47. The molecule has 2 aromatic rings. The van der Waals surface area contributed by atoms with E-state index in [-0.39, 0.29) is 11.6 Å². The fourth-order valence-corrected chi connectivity index (χ4v) is 2.31. The van der Waals surface area contributed by atoms with E-state index >= 15 is 0 Å². The van der Waals surface area contributed by atoms with Gasteiger partial charge in [0.15, 0.2) is 5.76 Å². The van der Waals surface area contributed by atoms with Gasteiger partial charge in [-0.15, -0.1) is 0 Å². The molecule has 0 saturated carbocycles. The molecule has 8 heteroatoms. The number of carbonyl (C=O) groups excluding carboxylic acids is 1. The fraction of sp³-hybridized carbons (Fsp3) is 0.400. The highest BCUT2D eigenvalue weighted by Crippen LogP contribution is 2.14. The Morgan fingerprint density at radius 3 is 2.83 bits per heavy atom. The van der Waals surface area contributed by atoms with Crippen molar-refractivity contribution in [3.05, 3.63) is 40.9 Å². The average Bonchev–Trinajstić information content (AvgIpc) is 3.12. The van der Waals surface area contributed by atoms with Gasteiger partial charge < -0.3 is 19.4 Å². The summed E-state index contributed by atoms with van der Waals surface area (Å²) in [5, 5.41) is 7.04. The van der Waals surface area contributed by atoms with Gasteiger partial charge in [0.05, 0.1) is 26.0 Å². The lowest BCUT2D eigenvalue weighted by atomic mass is 10.3. The molecule has 3 rings (SSSR count). The van der Waals surface area contributed by atoms with Gasteiger partial charge in [0, 0.05) is 25.7 Å². The van der Waals surface area contributed by atoms with Crippen LogP contribution in [0.25, 0.3) is 11.5 Å². The zero-order chi connectivity index (χ0) is 16.1. The van der Waals surface area contributed by atoms with Crippen LogP contribution in [0.1, 0.15) is 0 Å². The van der Waals surface area contributed by atoms with Crippen LogP contribution in [-0.4, -0.2) is 53.6 Å². The van der Waals surface area contributed by atoms with Crippen LogP contribution in [0.2, 0.25) is 0 Å². The predicted octanol–water partition coefficient (Wildman–Crippen LogP) is 0.545. The number of hydrogen-bond acceptors (Lipinski definition) is 5. The van der Waals surface area contributed by atoms with Crippen molar-refractivity contribution in [3.8, 4) is 11.5 Å². The minimum atomic E-state index is -0.221. The quantitative estimate of drug-likeness (QED) is 0.889. The van der Waals surface area contributed by atoms with Crippen LogP contribution in [0, 0.1) is 0 Å². The number of furan rings is 1. The number of rotatable bonds is 4. The van der Waals surface area contributed by atoms with Crippen LogP contribution in [0.15, 0.2) is 39.7 Å². The highest BCUT2D eigenvalue weighted by atomic mass is 16.5. The van der Waals surface area contributed by atoms with Gasteiger partial charge in [-0.25, -0.2) is 9.48 Å². The van der Waals surface area contributed by atoms with Crippen LogP contribution in [0.4, 0.5) is 4.79 Å². The van der Waals surface area contributed by atoms with E-state index in [1.165, 1.54) is 10.7 Å². The number of nitrogens with one attached hydrogen (secondary N) is 1. The zero-order valence-electron chi connectivity index (χ0n) is 12.6. The highest BCUT2D eigenvalue weighted by molar-refractivity contribution is 5.74. The molecule has 1 fully saturated rings. The Balaban J connectivity index is 1.58. The van der Waals surface area contributed by atoms with Gasteiger partial charge in [-0.05, 0) is 18.2 Å². The molecule has 1 N–H and O–H groups in total. The van der Waals surface area contributed by atoms with E-state index < -0.39 is 0 Å². The van der Waals surface area contributed by atoms with Crippen molar-refractivity contribution in [1.82, 2.24) is 20.0 Å². The summed E-state index contributed by atoms with van der Waals surface area (Å²) in [6.07, 6.45) is 1.55. The summed E-state index contributed by atoms with van der Waals surface area (Å²) in [5.74, 6) is 0.594. The summed E-state index contributed by atoms with van der Waals surface area (Å²) >= 11 is 0. The molecule has 23 heavy (non-hydrogen) atoms. The summed E-state index contributed by atoms with van der Waals surface area (Å²) in [6.45, 7) is 2.89. The Morgan fingerprint density at radius 2 is 2.09 bits per heavy atom. The molecule has 3 heterocycles. The van der Waals surface area contributed by atoms with Crippen LogP contribution < -0.4 is 10.9 Å². The first-order chi connectivity index (χ1) is 11.2.